The third kappa shape index (κ3) is 24.2. The first-order chi connectivity index (χ1) is 54.0. The summed E-state index contributed by atoms with van der Waals surface area (Å²) >= 11 is 1.70. The van der Waals surface area contributed by atoms with Gasteiger partial charge in [-0.1, -0.05) is 361 Å². The van der Waals surface area contributed by atoms with Crippen LogP contribution in [-0.4, -0.2) is 37.0 Å². The number of aryl methyl sites for hydroxylation is 4. The third-order valence-corrected chi connectivity index (χ3v) is 23.3. The van der Waals surface area contributed by atoms with E-state index in [4.69, 9.17) is 18.8 Å². The first-order valence-corrected chi connectivity index (χ1v) is 43.7. The van der Waals surface area contributed by atoms with Gasteiger partial charge in [-0.25, -0.2) is 0 Å². The van der Waals surface area contributed by atoms with Crippen molar-refractivity contribution in [1.82, 2.24) is 9.97 Å². The number of hydrogen-bond donors (Lipinski definition) is 2. The fourth-order valence-corrected chi connectivity index (χ4v) is 16.3. The summed E-state index contributed by atoms with van der Waals surface area (Å²) in [5.41, 5.74) is 27.4. The van der Waals surface area contributed by atoms with Crippen molar-refractivity contribution in [3.63, 3.8) is 0 Å². The Morgan fingerprint density at radius 1 is 0.421 bits per heavy atom. The number of rotatable bonds is 30. The van der Waals surface area contributed by atoms with Crippen molar-refractivity contribution in [1.29, 1.82) is 0 Å². The molecule has 9 aromatic carbocycles. The first-order valence-electron chi connectivity index (χ1n) is 42.7. The van der Waals surface area contributed by atoms with E-state index in [1.54, 1.807) is 23.9 Å². The topological polar surface area (TPSA) is 128 Å². The molecule has 606 valence electrons. The molecule has 0 unspecified atom stereocenters. The molecule has 0 radical (unpaired) electrons. The van der Waals surface area contributed by atoms with Crippen LogP contribution in [0.15, 0.2) is 172 Å². The molecule has 2 aromatic heterocycles. The SMILES string of the molecule is CC(C)[C@H]1CSC(c2ccccc2[O-])=N1.CCCCCCc1cc(CCCCCC)cc(-c2c(-c3nc4cc(CO)ccc4o3)[c-]ccc2-c2cc(C(C)(C)C)cc(C(C)(C)C)c2)c1.CCCCCCc1cc(CCCCCC)cc(-c2c(-c3nc4cc(CO)ccc4o3)[c-]ccc2-c2cc(C(C)(C)C)cc(C(C)(C)C)c2)c1.[Ir+3]. The fourth-order valence-electron chi connectivity index (χ4n) is 15.0. The number of benzene rings is 9. The number of thioether (sulfide) groups is 1. The minimum Gasteiger partial charge on any atom is -0.872 e. The molecular formula is C104H130IrN3O5S. The van der Waals surface area contributed by atoms with Gasteiger partial charge < -0.3 is 24.2 Å². The smallest absolute Gasteiger partial charge is 0.872 e. The van der Waals surface area contributed by atoms with Crippen molar-refractivity contribution >= 4 is 39.0 Å². The molecule has 0 saturated heterocycles. The van der Waals surface area contributed by atoms with Gasteiger partial charge in [0.15, 0.2) is 0 Å². The molecule has 11 aromatic rings. The molecule has 1 aliphatic heterocycles. The zero-order chi connectivity index (χ0) is 81.2. The van der Waals surface area contributed by atoms with Gasteiger partial charge in [-0.3, -0.25) is 15.0 Å². The molecule has 3 heterocycles. The number of hydrogen-bond acceptors (Lipinski definition) is 9. The van der Waals surface area contributed by atoms with E-state index in [9.17, 15) is 15.3 Å². The monoisotopic (exact) mass is 1730 g/mol. The third-order valence-electron chi connectivity index (χ3n) is 22.2. The molecule has 2 N–H and O–H groups in total. The minimum absolute atomic E-state index is 0. The summed E-state index contributed by atoms with van der Waals surface area (Å²) in [7, 11) is 0. The van der Waals surface area contributed by atoms with Gasteiger partial charge in [0.1, 0.15) is 22.9 Å². The van der Waals surface area contributed by atoms with Crippen LogP contribution in [0.25, 0.3) is 89.6 Å². The van der Waals surface area contributed by atoms with Crippen molar-refractivity contribution in [2.45, 2.75) is 294 Å². The zero-order valence-corrected chi connectivity index (χ0v) is 75.3. The largest absolute Gasteiger partial charge is 3.00 e. The Bertz CT molecular complexity index is 4570. The number of aliphatic imine (C=N–C) groups is 1. The molecule has 0 fully saturated rings. The first kappa shape index (κ1) is 90.2. The van der Waals surface area contributed by atoms with Crippen molar-refractivity contribution in [3.05, 3.63) is 231 Å². The summed E-state index contributed by atoms with van der Waals surface area (Å²) in [5.74, 6) is 2.74. The summed E-state index contributed by atoms with van der Waals surface area (Å²) < 4.78 is 13.0. The average molecular weight is 1730 g/mol. The molecule has 0 saturated carbocycles. The van der Waals surface area contributed by atoms with Crippen LogP contribution in [0.2, 0.25) is 0 Å². The van der Waals surface area contributed by atoms with Crippen LogP contribution in [0, 0.1) is 18.1 Å². The van der Waals surface area contributed by atoms with E-state index in [2.05, 4.69) is 227 Å². The normalized spacial score (nSPS) is 13.3. The number of unbranched alkanes of at least 4 members (excludes halogenated alkanes) is 12. The summed E-state index contributed by atoms with van der Waals surface area (Å²) in [4.78, 5) is 14.6. The van der Waals surface area contributed by atoms with Crippen LogP contribution in [0.1, 0.15) is 289 Å². The Balaban J connectivity index is 0.000000219. The summed E-state index contributed by atoms with van der Waals surface area (Å²) in [6, 6.07) is 63.6. The van der Waals surface area contributed by atoms with E-state index in [0.29, 0.717) is 34.9 Å². The van der Waals surface area contributed by atoms with Gasteiger partial charge >= 0.3 is 20.1 Å². The summed E-state index contributed by atoms with van der Waals surface area (Å²) in [6.45, 7) is 41.0. The van der Waals surface area contributed by atoms with Crippen molar-refractivity contribution in [2.75, 3.05) is 5.75 Å². The molecule has 1 aliphatic rings. The van der Waals surface area contributed by atoms with Gasteiger partial charge in [0.2, 0.25) is 0 Å². The summed E-state index contributed by atoms with van der Waals surface area (Å²) in [6.07, 6.45) is 24.2. The Morgan fingerprint density at radius 3 is 1.10 bits per heavy atom. The van der Waals surface area contributed by atoms with E-state index in [1.165, 1.54) is 181 Å². The maximum atomic E-state index is 11.6. The number of aliphatic hydroxyl groups is 2. The zero-order valence-electron chi connectivity index (χ0n) is 72.1. The molecule has 0 aliphatic carbocycles. The minimum atomic E-state index is -0.0305. The molecule has 1 atom stereocenters. The second-order valence-corrected chi connectivity index (χ2v) is 37.2. The van der Waals surface area contributed by atoms with Crippen LogP contribution in [-0.2, 0) is 80.7 Å². The van der Waals surface area contributed by atoms with Crippen LogP contribution in [0.4, 0.5) is 0 Å². The maximum Gasteiger partial charge on any atom is 3.00 e. The molecule has 0 bridgehead atoms. The van der Waals surface area contributed by atoms with Gasteiger partial charge in [-0.05, 0) is 176 Å². The number of aromatic nitrogens is 2. The van der Waals surface area contributed by atoms with Crippen LogP contribution in [0.3, 0.4) is 0 Å². The van der Waals surface area contributed by atoms with E-state index in [0.717, 1.165) is 86.5 Å². The molecule has 114 heavy (non-hydrogen) atoms. The Labute approximate surface area is 703 Å². The van der Waals surface area contributed by atoms with E-state index < -0.39 is 0 Å². The van der Waals surface area contributed by atoms with Crippen LogP contribution in [0.5, 0.6) is 5.75 Å². The van der Waals surface area contributed by atoms with Gasteiger partial charge in [-0.2, -0.15) is 0 Å². The van der Waals surface area contributed by atoms with Gasteiger partial charge in [0.05, 0.1) is 35.3 Å². The second-order valence-electron chi connectivity index (χ2n) is 36.2. The molecule has 0 amide bonds. The number of para-hydroxylation sites is 1. The van der Waals surface area contributed by atoms with Crippen LogP contribution < -0.4 is 5.11 Å². The Morgan fingerprint density at radius 2 is 0.781 bits per heavy atom. The number of fused-ring (bicyclic) bond motifs is 2. The van der Waals surface area contributed by atoms with Gasteiger partial charge in [-0.15, -0.1) is 48.2 Å². The van der Waals surface area contributed by atoms with E-state index in [-0.39, 0.29) is 60.7 Å². The molecule has 12 rings (SSSR count). The van der Waals surface area contributed by atoms with Crippen molar-refractivity contribution < 1.29 is 44.3 Å². The molecular weight excluding hydrogens is 1600 g/mol. The van der Waals surface area contributed by atoms with E-state index >= 15 is 0 Å². The van der Waals surface area contributed by atoms with Gasteiger partial charge in [0.25, 0.3) is 0 Å². The predicted molar refractivity (Wildman–Crippen MR) is 480 cm³/mol. The average Bonchev–Trinajstić information content (AvgIpc) is 1.31. The summed E-state index contributed by atoms with van der Waals surface area (Å²) in [5, 5.41) is 32.1. The van der Waals surface area contributed by atoms with Crippen molar-refractivity contribution in [2.24, 2.45) is 10.9 Å². The van der Waals surface area contributed by atoms with Crippen LogP contribution >= 0.6 is 11.8 Å². The van der Waals surface area contributed by atoms with Gasteiger partial charge in [0, 0.05) is 5.75 Å². The number of oxazole rings is 2. The quantitative estimate of drug-likeness (QED) is 0.0337. The number of aliphatic hydroxyl groups excluding tert-OH is 2. The maximum absolute atomic E-state index is 11.6. The fraction of sp³-hybridized carbons (Fsp3) is 0.452. The number of nitrogens with zero attached hydrogens (tertiary/aromatic N) is 3. The standard InChI is InChI=1S/2C46H58NO2.C12H15NOS.Ir/c2*1-9-11-13-15-18-32-24-33(19-16-14-12-10-2)26-36(25-32)43-39(35-28-37(45(3,4)5)30-38(29-35)46(6,7)8)20-17-21-40(43)44-47-41-27-34(31-48)22-23-42(41)49-44;1-8(2)10-7-15-12(13-10)9-5-3-4-6-11(9)14;/h2*17,20,22-30,48H,9-16,18-19,31H2,1-8H3;3-6,8,10,14H,7H2,1-2H3;/q2*-1;;+3/p-1/t;;10-;/m..1./s1. The molecule has 10 heteroatoms. The Hall–Kier alpha value is -7.69. The molecule has 8 nitrogen and oxygen atoms in total. The Kier molecular flexibility index (Phi) is 32.8. The van der Waals surface area contributed by atoms with Crippen molar-refractivity contribution in [3.8, 4) is 73.2 Å². The molecule has 0 spiro atoms. The predicted octanol–water partition coefficient (Wildman–Crippen LogP) is 28.2. The van der Waals surface area contributed by atoms with E-state index in [1.807, 2.05) is 60.7 Å². The second kappa shape index (κ2) is 41.4.